The van der Waals surface area contributed by atoms with E-state index in [1.807, 2.05) is 42.5 Å². The first-order valence-corrected chi connectivity index (χ1v) is 7.86. The zero-order valence-electron chi connectivity index (χ0n) is 11.6. The van der Waals surface area contributed by atoms with Gasteiger partial charge in [0.2, 0.25) is 0 Å². The van der Waals surface area contributed by atoms with Crippen LogP contribution in [0.2, 0.25) is 0 Å². The van der Waals surface area contributed by atoms with Gasteiger partial charge in [0.1, 0.15) is 0 Å². The Balaban J connectivity index is 2.60. The summed E-state index contributed by atoms with van der Waals surface area (Å²) in [5, 5.41) is 0. The molecule has 5 heteroatoms. The Morgan fingerprint density at radius 1 is 1.16 bits per heavy atom. The van der Waals surface area contributed by atoms with Gasteiger partial charge in [-0.15, -0.1) is 0 Å². The van der Waals surface area contributed by atoms with Crippen LogP contribution in [0.3, 0.4) is 0 Å². The summed E-state index contributed by atoms with van der Waals surface area (Å²) < 4.78 is 27.6. The van der Waals surface area contributed by atoms with Gasteiger partial charge in [-0.3, -0.25) is 13.6 Å². The summed E-state index contributed by atoms with van der Waals surface area (Å²) in [6.07, 6.45) is 3.37. The highest BCUT2D eigenvalue weighted by Gasteiger charge is 2.27. The molecule has 106 valence electrons. The molecule has 1 unspecified atom stereocenters. The van der Waals surface area contributed by atoms with Gasteiger partial charge in [0.25, 0.3) is 0 Å². The van der Waals surface area contributed by atoms with Crippen molar-refractivity contribution in [2.75, 3.05) is 13.2 Å². The van der Waals surface area contributed by atoms with Crippen LogP contribution in [0.1, 0.15) is 26.3 Å². The minimum Gasteiger partial charge on any atom is -0.287 e. The molecule has 0 fully saturated rings. The van der Waals surface area contributed by atoms with Crippen LogP contribution >= 0.6 is 7.82 Å². The first kappa shape index (κ1) is 16.1. The van der Waals surface area contributed by atoms with Crippen LogP contribution in [-0.4, -0.2) is 19.3 Å². The monoisotopic (exact) mass is 284 g/mol. The molecule has 0 aromatic heterocycles. The summed E-state index contributed by atoms with van der Waals surface area (Å²) in [4.78, 5) is 0. The number of rotatable bonds is 8. The van der Waals surface area contributed by atoms with Gasteiger partial charge in [-0.05, 0) is 26.3 Å². The molecule has 0 aliphatic carbocycles. The van der Waals surface area contributed by atoms with E-state index < -0.39 is 7.82 Å². The topological polar surface area (TPSA) is 44.8 Å². The second-order valence-electron chi connectivity index (χ2n) is 3.86. The zero-order chi connectivity index (χ0) is 14.1. The van der Waals surface area contributed by atoms with E-state index in [2.05, 4.69) is 0 Å². The summed E-state index contributed by atoms with van der Waals surface area (Å²) in [7, 11) is -3.45. The fraction of sp³-hybridized carbons (Fsp3) is 0.429. The van der Waals surface area contributed by atoms with Crippen molar-refractivity contribution in [2.24, 2.45) is 0 Å². The molecule has 19 heavy (non-hydrogen) atoms. The van der Waals surface area contributed by atoms with Crippen molar-refractivity contribution in [1.29, 1.82) is 0 Å². The highest BCUT2D eigenvalue weighted by Crippen LogP contribution is 2.50. The Morgan fingerprint density at radius 3 is 2.26 bits per heavy atom. The Morgan fingerprint density at radius 2 is 1.74 bits per heavy atom. The van der Waals surface area contributed by atoms with Crippen LogP contribution in [0, 0.1) is 0 Å². The van der Waals surface area contributed by atoms with Gasteiger partial charge in [0.05, 0.1) is 19.3 Å². The summed E-state index contributed by atoms with van der Waals surface area (Å²) in [6, 6.07) is 9.82. The van der Waals surface area contributed by atoms with Gasteiger partial charge in [-0.2, -0.15) is 0 Å². The summed E-state index contributed by atoms with van der Waals surface area (Å²) in [6.45, 7) is 5.86. The van der Waals surface area contributed by atoms with Crippen LogP contribution in [0.4, 0.5) is 0 Å². The number of benzene rings is 1. The normalized spacial score (nSPS) is 13.8. The van der Waals surface area contributed by atoms with Crippen molar-refractivity contribution >= 4 is 13.9 Å². The molecule has 0 saturated heterocycles. The summed E-state index contributed by atoms with van der Waals surface area (Å²) >= 11 is 0. The Kier molecular flexibility index (Phi) is 7.03. The Labute approximate surface area is 115 Å². The molecular formula is C14H21O4P. The highest BCUT2D eigenvalue weighted by molar-refractivity contribution is 7.48. The highest BCUT2D eigenvalue weighted by atomic mass is 31.2. The third-order valence-corrected chi connectivity index (χ3v) is 3.97. The van der Waals surface area contributed by atoms with E-state index in [0.717, 1.165) is 5.56 Å². The molecule has 0 spiro atoms. The Hall–Kier alpha value is -0.930. The van der Waals surface area contributed by atoms with E-state index in [9.17, 15) is 4.57 Å². The third-order valence-electron chi connectivity index (χ3n) is 2.23. The van der Waals surface area contributed by atoms with E-state index in [0.29, 0.717) is 0 Å². The van der Waals surface area contributed by atoms with Crippen molar-refractivity contribution in [3.63, 3.8) is 0 Å². The largest absolute Gasteiger partial charge is 0.475 e. The Bertz CT molecular complexity index is 420. The van der Waals surface area contributed by atoms with Gasteiger partial charge in [0.15, 0.2) is 0 Å². The summed E-state index contributed by atoms with van der Waals surface area (Å²) in [5.74, 6) is 0. The maximum Gasteiger partial charge on any atom is 0.475 e. The fourth-order valence-electron chi connectivity index (χ4n) is 1.46. The maximum atomic E-state index is 12.1. The predicted octanol–water partition coefficient (Wildman–Crippen LogP) is 4.29. The molecule has 4 nitrogen and oxygen atoms in total. The lowest BCUT2D eigenvalue weighted by Crippen LogP contribution is -2.07. The second-order valence-corrected chi connectivity index (χ2v) is 5.48. The van der Waals surface area contributed by atoms with Crippen molar-refractivity contribution in [3.05, 3.63) is 42.0 Å². The van der Waals surface area contributed by atoms with E-state index in [1.54, 1.807) is 20.8 Å². The molecule has 1 atom stereocenters. The van der Waals surface area contributed by atoms with Crippen molar-refractivity contribution in [2.45, 2.75) is 26.9 Å². The molecule has 0 radical (unpaired) electrons. The number of hydrogen-bond acceptors (Lipinski definition) is 4. The van der Waals surface area contributed by atoms with Gasteiger partial charge in [0, 0.05) is 0 Å². The summed E-state index contributed by atoms with van der Waals surface area (Å²) in [5.41, 5.74) is 1.06. The molecular weight excluding hydrogens is 263 g/mol. The molecule has 0 amide bonds. The molecule has 0 heterocycles. The molecule has 0 aliphatic rings. The van der Waals surface area contributed by atoms with Crippen LogP contribution in [-0.2, 0) is 18.1 Å². The second kappa shape index (κ2) is 8.28. The number of phosphoric acid groups is 1. The van der Waals surface area contributed by atoms with Gasteiger partial charge in [-0.1, -0.05) is 42.5 Å². The lowest BCUT2D eigenvalue weighted by Gasteiger charge is -2.18. The average Bonchev–Trinajstić information content (AvgIpc) is 2.38. The fourth-order valence-corrected chi connectivity index (χ4v) is 2.77. The molecule has 1 rings (SSSR count). The minimum atomic E-state index is -3.45. The lowest BCUT2D eigenvalue weighted by atomic mass is 10.2. The molecule has 0 saturated carbocycles. The van der Waals surface area contributed by atoms with Gasteiger partial charge in [-0.25, -0.2) is 4.57 Å². The van der Waals surface area contributed by atoms with Crippen molar-refractivity contribution in [1.82, 2.24) is 0 Å². The van der Waals surface area contributed by atoms with E-state index >= 15 is 0 Å². The van der Waals surface area contributed by atoms with Crippen LogP contribution < -0.4 is 0 Å². The van der Waals surface area contributed by atoms with Gasteiger partial charge < -0.3 is 0 Å². The zero-order valence-corrected chi connectivity index (χ0v) is 12.5. The van der Waals surface area contributed by atoms with Crippen molar-refractivity contribution < 1.29 is 18.1 Å². The van der Waals surface area contributed by atoms with Crippen LogP contribution in [0.25, 0.3) is 6.08 Å². The third kappa shape index (κ3) is 6.17. The standard InChI is InChI=1S/C14H21O4P/c1-4-16-19(15,17-5-2)18-13(3)11-12-14-9-7-6-8-10-14/h6-13H,4-5H2,1-3H3/b12-11+. The minimum absolute atomic E-state index is 0.284. The molecule has 0 aliphatic heterocycles. The molecule has 0 N–H and O–H groups in total. The maximum absolute atomic E-state index is 12.1. The first-order chi connectivity index (χ1) is 9.09. The molecule has 1 aromatic rings. The quantitative estimate of drug-likeness (QED) is 0.668. The van der Waals surface area contributed by atoms with Gasteiger partial charge >= 0.3 is 7.82 Å². The predicted molar refractivity (Wildman–Crippen MR) is 76.9 cm³/mol. The van der Waals surface area contributed by atoms with Crippen LogP contribution in [0.5, 0.6) is 0 Å². The van der Waals surface area contributed by atoms with Crippen LogP contribution in [0.15, 0.2) is 36.4 Å². The number of hydrogen-bond donors (Lipinski definition) is 0. The van der Waals surface area contributed by atoms with Crippen molar-refractivity contribution in [3.8, 4) is 0 Å². The van der Waals surface area contributed by atoms with E-state index in [1.165, 1.54) is 0 Å². The molecule has 0 bridgehead atoms. The number of phosphoric ester groups is 1. The lowest BCUT2D eigenvalue weighted by molar-refractivity contribution is 0.107. The van der Waals surface area contributed by atoms with E-state index in [4.69, 9.17) is 13.6 Å². The first-order valence-electron chi connectivity index (χ1n) is 6.40. The van der Waals surface area contributed by atoms with E-state index in [-0.39, 0.29) is 19.3 Å². The average molecular weight is 284 g/mol. The smallest absolute Gasteiger partial charge is 0.287 e. The molecule has 1 aromatic carbocycles. The SMILES string of the molecule is CCOP(=O)(OCC)OC(C)/C=C/c1ccccc1.